The SMILES string of the molecule is NCc1cc(Oc2ccccc2C(N)=O)ccn1. The molecule has 2 rings (SSSR count). The van der Waals surface area contributed by atoms with Crippen molar-refractivity contribution in [2.75, 3.05) is 0 Å². The van der Waals surface area contributed by atoms with Crippen LogP contribution in [0.3, 0.4) is 0 Å². The van der Waals surface area contributed by atoms with Gasteiger partial charge in [-0.3, -0.25) is 9.78 Å². The number of primary amides is 1. The number of nitrogens with two attached hydrogens (primary N) is 2. The molecule has 0 spiro atoms. The Kier molecular flexibility index (Phi) is 3.54. The highest BCUT2D eigenvalue weighted by Crippen LogP contribution is 2.24. The Morgan fingerprint density at radius 2 is 2.06 bits per heavy atom. The zero-order valence-electron chi connectivity index (χ0n) is 9.67. The predicted molar refractivity (Wildman–Crippen MR) is 67.2 cm³/mol. The molecule has 0 aliphatic rings. The number of pyridine rings is 1. The van der Waals surface area contributed by atoms with Crippen molar-refractivity contribution in [3.63, 3.8) is 0 Å². The molecular weight excluding hydrogens is 230 g/mol. The molecule has 1 aromatic heterocycles. The summed E-state index contributed by atoms with van der Waals surface area (Å²) in [5.74, 6) is 0.456. The second-order valence-corrected chi connectivity index (χ2v) is 3.65. The van der Waals surface area contributed by atoms with Gasteiger partial charge in [0.25, 0.3) is 5.91 Å². The molecule has 92 valence electrons. The van der Waals surface area contributed by atoms with E-state index in [1.165, 1.54) is 0 Å². The Labute approximate surface area is 104 Å². The van der Waals surface area contributed by atoms with E-state index in [0.717, 1.165) is 0 Å². The maximum absolute atomic E-state index is 11.2. The van der Waals surface area contributed by atoms with Crippen LogP contribution in [0.15, 0.2) is 42.6 Å². The quantitative estimate of drug-likeness (QED) is 0.849. The van der Waals surface area contributed by atoms with Gasteiger partial charge in [0.05, 0.1) is 11.3 Å². The number of aromatic nitrogens is 1. The van der Waals surface area contributed by atoms with Crippen molar-refractivity contribution in [2.24, 2.45) is 11.5 Å². The normalized spacial score (nSPS) is 10.1. The van der Waals surface area contributed by atoms with Crippen molar-refractivity contribution >= 4 is 5.91 Å². The van der Waals surface area contributed by atoms with Crippen LogP contribution >= 0.6 is 0 Å². The molecule has 0 bridgehead atoms. The number of amides is 1. The van der Waals surface area contributed by atoms with Crippen molar-refractivity contribution in [1.29, 1.82) is 0 Å². The number of carbonyl (C=O) groups excluding carboxylic acids is 1. The fourth-order valence-electron chi connectivity index (χ4n) is 1.52. The highest BCUT2D eigenvalue weighted by Gasteiger charge is 2.09. The van der Waals surface area contributed by atoms with Gasteiger partial charge in [-0.25, -0.2) is 0 Å². The minimum Gasteiger partial charge on any atom is -0.456 e. The lowest BCUT2D eigenvalue weighted by Gasteiger charge is -2.09. The summed E-state index contributed by atoms with van der Waals surface area (Å²) >= 11 is 0. The zero-order valence-corrected chi connectivity index (χ0v) is 9.67. The van der Waals surface area contributed by atoms with E-state index in [1.807, 2.05) is 0 Å². The van der Waals surface area contributed by atoms with Crippen LogP contribution in [-0.4, -0.2) is 10.9 Å². The van der Waals surface area contributed by atoms with Gasteiger partial charge in [-0.2, -0.15) is 0 Å². The van der Waals surface area contributed by atoms with Gasteiger partial charge in [0.2, 0.25) is 0 Å². The average Bonchev–Trinajstić information content (AvgIpc) is 2.39. The first-order valence-electron chi connectivity index (χ1n) is 5.42. The maximum Gasteiger partial charge on any atom is 0.252 e. The van der Waals surface area contributed by atoms with Gasteiger partial charge in [0.1, 0.15) is 11.5 Å². The smallest absolute Gasteiger partial charge is 0.252 e. The van der Waals surface area contributed by atoms with Crippen LogP contribution in [-0.2, 0) is 6.54 Å². The molecule has 5 nitrogen and oxygen atoms in total. The summed E-state index contributed by atoms with van der Waals surface area (Å²) in [5.41, 5.74) is 11.8. The van der Waals surface area contributed by atoms with Crippen molar-refractivity contribution in [2.45, 2.75) is 6.54 Å². The van der Waals surface area contributed by atoms with Gasteiger partial charge in [0, 0.05) is 18.8 Å². The van der Waals surface area contributed by atoms with Gasteiger partial charge in [-0.15, -0.1) is 0 Å². The molecule has 0 aliphatic heterocycles. The number of carbonyl (C=O) groups is 1. The Morgan fingerprint density at radius 1 is 1.28 bits per heavy atom. The molecule has 0 saturated heterocycles. The summed E-state index contributed by atoms with van der Waals surface area (Å²) in [6, 6.07) is 10.2. The average molecular weight is 243 g/mol. The molecule has 0 atom stereocenters. The molecule has 0 saturated carbocycles. The number of nitrogens with zero attached hydrogens (tertiary/aromatic N) is 1. The van der Waals surface area contributed by atoms with E-state index in [9.17, 15) is 4.79 Å². The zero-order chi connectivity index (χ0) is 13.0. The van der Waals surface area contributed by atoms with Crippen LogP contribution < -0.4 is 16.2 Å². The van der Waals surface area contributed by atoms with E-state index in [0.29, 0.717) is 29.3 Å². The van der Waals surface area contributed by atoms with Crippen LogP contribution in [0.2, 0.25) is 0 Å². The molecule has 2 aromatic rings. The van der Waals surface area contributed by atoms with E-state index in [1.54, 1.807) is 42.6 Å². The third-order valence-electron chi connectivity index (χ3n) is 2.38. The third kappa shape index (κ3) is 2.64. The van der Waals surface area contributed by atoms with Crippen molar-refractivity contribution < 1.29 is 9.53 Å². The molecule has 18 heavy (non-hydrogen) atoms. The van der Waals surface area contributed by atoms with Gasteiger partial charge >= 0.3 is 0 Å². The van der Waals surface area contributed by atoms with Gasteiger partial charge in [-0.05, 0) is 18.2 Å². The Hall–Kier alpha value is -2.40. The maximum atomic E-state index is 11.2. The second-order valence-electron chi connectivity index (χ2n) is 3.65. The fraction of sp³-hybridized carbons (Fsp3) is 0.0769. The lowest BCUT2D eigenvalue weighted by Crippen LogP contribution is -2.12. The van der Waals surface area contributed by atoms with Crippen LogP contribution in [0.1, 0.15) is 16.1 Å². The topological polar surface area (TPSA) is 91.2 Å². The minimum absolute atomic E-state index is 0.328. The van der Waals surface area contributed by atoms with E-state index in [2.05, 4.69) is 4.98 Å². The van der Waals surface area contributed by atoms with E-state index in [4.69, 9.17) is 16.2 Å². The highest BCUT2D eigenvalue weighted by molar-refractivity contribution is 5.95. The summed E-state index contributed by atoms with van der Waals surface area (Å²) in [6.07, 6.45) is 1.60. The Balaban J connectivity index is 2.31. The molecular formula is C13H13N3O2. The lowest BCUT2D eigenvalue weighted by molar-refractivity contribution is 0.0998. The first kappa shape index (κ1) is 12.1. The molecule has 1 amide bonds. The summed E-state index contributed by atoms with van der Waals surface area (Å²) < 4.78 is 5.62. The molecule has 1 aromatic carbocycles. The summed E-state index contributed by atoms with van der Waals surface area (Å²) in [5, 5.41) is 0. The number of ether oxygens (including phenoxy) is 1. The Bertz CT molecular complexity index is 570. The van der Waals surface area contributed by atoms with Crippen molar-refractivity contribution in [3.8, 4) is 11.5 Å². The van der Waals surface area contributed by atoms with Crippen molar-refractivity contribution in [1.82, 2.24) is 4.98 Å². The number of hydrogen-bond donors (Lipinski definition) is 2. The molecule has 5 heteroatoms. The molecule has 0 fully saturated rings. The lowest BCUT2D eigenvalue weighted by atomic mass is 10.2. The van der Waals surface area contributed by atoms with Crippen LogP contribution in [0.4, 0.5) is 0 Å². The van der Waals surface area contributed by atoms with E-state index >= 15 is 0 Å². The van der Waals surface area contributed by atoms with Crippen molar-refractivity contribution in [3.05, 3.63) is 53.9 Å². The van der Waals surface area contributed by atoms with Crippen LogP contribution in [0.5, 0.6) is 11.5 Å². The summed E-state index contributed by atoms with van der Waals surface area (Å²) in [4.78, 5) is 15.3. The first-order valence-corrected chi connectivity index (χ1v) is 5.42. The molecule has 0 aliphatic carbocycles. The van der Waals surface area contributed by atoms with Gasteiger partial charge in [0.15, 0.2) is 0 Å². The fourth-order valence-corrected chi connectivity index (χ4v) is 1.52. The Morgan fingerprint density at radius 3 is 2.78 bits per heavy atom. The summed E-state index contributed by atoms with van der Waals surface area (Å²) in [7, 11) is 0. The number of rotatable bonds is 4. The monoisotopic (exact) mass is 243 g/mol. The molecule has 4 N–H and O–H groups in total. The molecule has 1 heterocycles. The molecule has 0 unspecified atom stereocenters. The second kappa shape index (κ2) is 5.29. The van der Waals surface area contributed by atoms with E-state index in [-0.39, 0.29) is 0 Å². The largest absolute Gasteiger partial charge is 0.456 e. The number of para-hydroxylation sites is 1. The number of hydrogen-bond acceptors (Lipinski definition) is 4. The van der Waals surface area contributed by atoms with Gasteiger partial charge in [-0.1, -0.05) is 12.1 Å². The van der Waals surface area contributed by atoms with E-state index < -0.39 is 5.91 Å². The van der Waals surface area contributed by atoms with Crippen LogP contribution in [0, 0.1) is 0 Å². The predicted octanol–water partition coefficient (Wildman–Crippen LogP) is 1.43. The van der Waals surface area contributed by atoms with Gasteiger partial charge < -0.3 is 16.2 Å². The third-order valence-corrected chi connectivity index (χ3v) is 2.38. The number of benzene rings is 1. The highest BCUT2D eigenvalue weighted by atomic mass is 16.5. The van der Waals surface area contributed by atoms with Crippen LogP contribution in [0.25, 0.3) is 0 Å². The molecule has 0 radical (unpaired) electrons. The first-order chi connectivity index (χ1) is 8.70. The summed E-state index contributed by atoms with van der Waals surface area (Å²) in [6.45, 7) is 0.328. The minimum atomic E-state index is -0.529. The standard InChI is InChI=1S/C13H13N3O2/c14-8-9-7-10(5-6-16-9)18-12-4-2-1-3-11(12)13(15)17/h1-7H,8,14H2,(H2,15,17).